The van der Waals surface area contributed by atoms with E-state index in [-0.39, 0.29) is 28.7 Å². The van der Waals surface area contributed by atoms with E-state index >= 15 is 0 Å². The van der Waals surface area contributed by atoms with Gasteiger partial charge in [0.05, 0.1) is 24.1 Å². The fourth-order valence-electron chi connectivity index (χ4n) is 3.19. The maximum Gasteiger partial charge on any atom is 0.417 e. The molecule has 0 spiro atoms. The van der Waals surface area contributed by atoms with Crippen molar-refractivity contribution < 1.29 is 31.5 Å². The third-order valence-corrected chi connectivity index (χ3v) is 4.93. The number of pyridine rings is 1. The fourth-order valence-corrected chi connectivity index (χ4v) is 3.19. The van der Waals surface area contributed by atoms with Crippen LogP contribution in [-0.4, -0.2) is 43.6 Å². The Kier molecular flexibility index (Phi) is 6.91. The van der Waals surface area contributed by atoms with Gasteiger partial charge >= 0.3 is 6.18 Å². The van der Waals surface area contributed by atoms with Crippen LogP contribution in [0, 0.1) is 0 Å². The van der Waals surface area contributed by atoms with Gasteiger partial charge in [-0.05, 0) is 26.8 Å². The Morgan fingerprint density at radius 1 is 1.09 bits per heavy atom. The molecular weight excluding hydrogens is 451 g/mol. The highest BCUT2D eigenvalue weighted by molar-refractivity contribution is 5.92. The zero-order valence-electron chi connectivity index (χ0n) is 18.1. The molecule has 0 radical (unpaired) electrons. The molecule has 3 heterocycles. The van der Waals surface area contributed by atoms with Gasteiger partial charge in [-0.1, -0.05) is 0 Å². The Morgan fingerprint density at radius 3 is 2.30 bits per heavy atom. The number of imidazole rings is 1. The van der Waals surface area contributed by atoms with Crippen LogP contribution < -0.4 is 5.32 Å². The van der Waals surface area contributed by atoms with Crippen LogP contribution in [0.3, 0.4) is 0 Å². The lowest BCUT2D eigenvalue weighted by Gasteiger charge is -2.25. The number of nitrogens with one attached hydrogen (secondary N) is 1. The van der Waals surface area contributed by atoms with Gasteiger partial charge in [-0.2, -0.15) is 13.2 Å². The lowest BCUT2D eigenvalue weighted by Crippen LogP contribution is -2.38. The SMILES string of the molecule is CO[C@H](C)[C@H](NC(=O)c1cnc(C(F)F)cn1)c1nc2cc(C(F)(F)F)cnc2n1C(C)C. The second-order valence-electron chi connectivity index (χ2n) is 7.52. The van der Waals surface area contributed by atoms with Crippen LogP contribution in [0.5, 0.6) is 0 Å². The molecule has 1 amide bonds. The number of rotatable bonds is 7. The first kappa shape index (κ1) is 24.4. The number of amides is 1. The van der Waals surface area contributed by atoms with Crippen molar-refractivity contribution in [2.45, 2.75) is 51.6 Å². The second kappa shape index (κ2) is 9.33. The van der Waals surface area contributed by atoms with Gasteiger partial charge in [0.15, 0.2) is 5.65 Å². The lowest BCUT2D eigenvalue weighted by molar-refractivity contribution is -0.137. The molecule has 1 N–H and O–H groups in total. The minimum Gasteiger partial charge on any atom is -0.379 e. The van der Waals surface area contributed by atoms with Crippen molar-refractivity contribution in [1.29, 1.82) is 0 Å². The molecule has 13 heteroatoms. The van der Waals surface area contributed by atoms with Crippen LogP contribution >= 0.6 is 0 Å². The van der Waals surface area contributed by atoms with E-state index in [4.69, 9.17) is 4.74 Å². The molecule has 0 aliphatic heterocycles. The van der Waals surface area contributed by atoms with Crippen molar-refractivity contribution in [1.82, 2.24) is 29.8 Å². The van der Waals surface area contributed by atoms with E-state index in [1.54, 1.807) is 25.3 Å². The van der Waals surface area contributed by atoms with E-state index in [0.717, 1.165) is 24.7 Å². The maximum absolute atomic E-state index is 13.1. The summed E-state index contributed by atoms with van der Waals surface area (Å²) in [7, 11) is 1.39. The molecule has 3 aromatic rings. The van der Waals surface area contributed by atoms with E-state index in [1.807, 2.05) is 0 Å². The number of halogens is 5. The number of fused-ring (bicyclic) bond motifs is 1. The minimum atomic E-state index is -4.60. The van der Waals surface area contributed by atoms with Gasteiger partial charge in [0, 0.05) is 19.3 Å². The average molecular weight is 472 g/mol. The molecule has 0 aromatic carbocycles. The first-order valence-corrected chi connectivity index (χ1v) is 9.82. The molecule has 3 rings (SSSR count). The van der Waals surface area contributed by atoms with Crippen molar-refractivity contribution in [3.8, 4) is 0 Å². The van der Waals surface area contributed by atoms with Crippen LogP contribution in [0.4, 0.5) is 22.0 Å². The normalized spacial score (nSPS) is 14.2. The Morgan fingerprint density at radius 2 is 1.79 bits per heavy atom. The predicted octanol–water partition coefficient (Wildman–Crippen LogP) is 4.26. The molecular formula is C20H21F5N6O2. The smallest absolute Gasteiger partial charge is 0.379 e. The van der Waals surface area contributed by atoms with Crippen LogP contribution in [0.2, 0.25) is 0 Å². The van der Waals surface area contributed by atoms with Gasteiger partial charge in [0.25, 0.3) is 12.3 Å². The largest absolute Gasteiger partial charge is 0.417 e. The summed E-state index contributed by atoms with van der Waals surface area (Å²) in [5.74, 6) is -0.532. The van der Waals surface area contributed by atoms with Crippen LogP contribution in [-0.2, 0) is 10.9 Å². The number of hydrogen-bond acceptors (Lipinski definition) is 6. The number of nitrogens with zero attached hydrogens (tertiary/aromatic N) is 5. The van der Waals surface area contributed by atoms with Gasteiger partial charge in [0.2, 0.25) is 0 Å². The highest BCUT2D eigenvalue weighted by Crippen LogP contribution is 2.32. The van der Waals surface area contributed by atoms with Gasteiger partial charge in [-0.25, -0.2) is 23.7 Å². The van der Waals surface area contributed by atoms with Crippen molar-refractivity contribution in [3.63, 3.8) is 0 Å². The third kappa shape index (κ3) is 5.07. The average Bonchev–Trinajstić information content (AvgIpc) is 3.14. The summed E-state index contributed by atoms with van der Waals surface area (Å²) < 4.78 is 71.8. The molecule has 0 aliphatic rings. The number of carbonyl (C=O) groups excluding carboxylic acids is 1. The number of ether oxygens (including phenoxy) is 1. The summed E-state index contributed by atoms with van der Waals surface area (Å²) in [5.41, 5.74) is -1.56. The number of carbonyl (C=O) groups is 1. The molecule has 0 unspecified atom stereocenters. The number of alkyl halides is 5. The molecule has 0 saturated carbocycles. The van der Waals surface area contributed by atoms with E-state index in [2.05, 4.69) is 25.3 Å². The van der Waals surface area contributed by atoms with Crippen LogP contribution in [0.25, 0.3) is 11.2 Å². The molecule has 0 aliphatic carbocycles. The fraction of sp³-hybridized carbons (Fsp3) is 0.450. The van der Waals surface area contributed by atoms with Crippen molar-refractivity contribution in [2.75, 3.05) is 7.11 Å². The summed E-state index contributed by atoms with van der Waals surface area (Å²) in [4.78, 5) is 28.3. The van der Waals surface area contributed by atoms with Crippen LogP contribution in [0.15, 0.2) is 24.7 Å². The molecule has 178 valence electrons. The standard InChI is InChI=1S/C20H21F5N6O2/c1-9(2)31-17-12(5-11(6-28-17)20(23,24)25)29-18(31)15(10(3)33-4)30-19(32)14-8-26-13(7-27-14)16(21)22/h5-10,15-16H,1-4H3,(H,30,32)/t10-,15+/m1/s1. The Labute approximate surface area is 185 Å². The molecule has 2 atom stereocenters. The molecule has 0 bridgehead atoms. The van der Waals surface area contributed by atoms with Crippen molar-refractivity contribution >= 4 is 17.1 Å². The van der Waals surface area contributed by atoms with E-state index in [0.29, 0.717) is 0 Å². The van der Waals surface area contributed by atoms with E-state index in [1.165, 1.54) is 7.11 Å². The van der Waals surface area contributed by atoms with E-state index < -0.39 is 41.9 Å². The monoisotopic (exact) mass is 472 g/mol. The van der Waals surface area contributed by atoms with Gasteiger partial charge in [-0.15, -0.1) is 0 Å². The summed E-state index contributed by atoms with van der Waals surface area (Å²) in [6.07, 6.45) is -5.68. The molecule has 33 heavy (non-hydrogen) atoms. The minimum absolute atomic E-state index is 0.00263. The quantitative estimate of drug-likeness (QED) is 0.517. The van der Waals surface area contributed by atoms with Gasteiger partial charge in [-0.3, -0.25) is 9.78 Å². The number of methoxy groups -OCH3 is 1. The number of aromatic nitrogens is 5. The Balaban J connectivity index is 2.05. The van der Waals surface area contributed by atoms with Crippen molar-refractivity contribution in [2.24, 2.45) is 0 Å². The predicted molar refractivity (Wildman–Crippen MR) is 107 cm³/mol. The van der Waals surface area contributed by atoms with Gasteiger partial charge < -0.3 is 14.6 Å². The summed E-state index contributed by atoms with van der Waals surface area (Å²) in [6.45, 7) is 5.21. The second-order valence-corrected chi connectivity index (χ2v) is 7.52. The van der Waals surface area contributed by atoms with Gasteiger partial charge in [0.1, 0.15) is 28.8 Å². The Bertz CT molecular complexity index is 1130. The topological polar surface area (TPSA) is 94.8 Å². The first-order chi connectivity index (χ1) is 15.4. The lowest BCUT2D eigenvalue weighted by atomic mass is 10.1. The maximum atomic E-state index is 13.1. The summed E-state index contributed by atoms with van der Waals surface area (Å²) in [5, 5.41) is 2.66. The highest BCUT2D eigenvalue weighted by Gasteiger charge is 2.34. The molecule has 8 nitrogen and oxygen atoms in total. The molecule has 0 fully saturated rings. The molecule has 0 saturated heterocycles. The number of hydrogen-bond donors (Lipinski definition) is 1. The van der Waals surface area contributed by atoms with Crippen molar-refractivity contribution in [3.05, 3.63) is 47.4 Å². The Hall–Kier alpha value is -3.22. The zero-order chi connectivity index (χ0) is 24.5. The molecule has 3 aromatic heterocycles. The van der Waals surface area contributed by atoms with Crippen LogP contribution in [0.1, 0.15) is 66.9 Å². The third-order valence-electron chi connectivity index (χ3n) is 4.93. The first-order valence-electron chi connectivity index (χ1n) is 9.82. The highest BCUT2D eigenvalue weighted by atomic mass is 19.4. The summed E-state index contributed by atoms with van der Waals surface area (Å²) in [6, 6.07) is -0.317. The zero-order valence-corrected chi connectivity index (χ0v) is 18.1. The van der Waals surface area contributed by atoms with E-state index in [9.17, 15) is 26.7 Å². The summed E-state index contributed by atoms with van der Waals surface area (Å²) >= 11 is 0.